The number of benzene rings is 3. The van der Waals surface area contributed by atoms with Crippen molar-refractivity contribution < 1.29 is 22.4 Å². The molecule has 0 aliphatic carbocycles. The van der Waals surface area contributed by atoms with Crippen LogP contribution in [0.3, 0.4) is 0 Å². The number of halogens is 1. The first-order chi connectivity index (χ1) is 17.1. The first-order valence-electron chi connectivity index (χ1n) is 11.6. The number of carbonyl (C=O) groups is 2. The van der Waals surface area contributed by atoms with E-state index in [4.69, 9.17) is 0 Å². The van der Waals surface area contributed by atoms with Crippen LogP contribution in [0.25, 0.3) is 0 Å². The number of likely N-dealkylation sites (N-methyl/N-ethyl adjacent to an activating group) is 1. The van der Waals surface area contributed by atoms with Crippen LogP contribution >= 0.6 is 0 Å². The molecular formula is C27H30FN3O4S. The van der Waals surface area contributed by atoms with Crippen molar-refractivity contribution in [1.29, 1.82) is 0 Å². The van der Waals surface area contributed by atoms with Crippen molar-refractivity contribution >= 4 is 27.5 Å². The summed E-state index contributed by atoms with van der Waals surface area (Å²) in [6, 6.07) is 19.4. The summed E-state index contributed by atoms with van der Waals surface area (Å²) in [5, 5.41) is 2.70. The van der Waals surface area contributed by atoms with Gasteiger partial charge in [-0.3, -0.25) is 13.9 Å². The average molecular weight is 512 g/mol. The van der Waals surface area contributed by atoms with Crippen molar-refractivity contribution in [2.24, 2.45) is 0 Å². The number of carbonyl (C=O) groups excluding carboxylic acids is 2. The highest BCUT2D eigenvalue weighted by Gasteiger charge is 2.32. The first-order valence-corrected chi connectivity index (χ1v) is 13.0. The highest BCUT2D eigenvalue weighted by Crippen LogP contribution is 2.25. The predicted octanol–water partition coefficient (Wildman–Crippen LogP) is 3.88. The van der Waals surface area contributed by atoms with Gasteiger partial charge in [-0.2, -0.15) is 0 Å². The smallest absolute Gasteiger partial charge is 0.264 e. The van der Waals surface area contributed by atoms with Gasteiger partial charge in [0.2, 0.25) is 11.8 Å². The Hall–Kier alpha value is -3.72. The van der Waals surface area contributed by atoms with Crippen molar-refractivity contribution in [3.63, 3.8) is 0 Å². The van der Waals surface area contributed by atoms with E-state index in [1.54, 1.807) is 56.3 Å². The van der Waals surface area contributed by atoms with Crippen molar-refractivity contribution in [3.05, 3.63) is 95.8 Å². The molecule has 0 bridgehead atoms. The Morgan fingerprint density at radius 2 is 1.56 bits per heavy atom. The Kier molecular flexibility index (Phi) is 8.82. The maximum atomic E-state index is 13.7. The van der Waals surface area contributed by atoms with E-state index in [0.29, 0.717) is 17.8 Å². The van der Waals surface area contributed by atoms with Gasteiger partial charge in [0.15, 0.2) is 0 Å². The zero-order chi connectivity index (χ0) is 26.3. The molecule has 0 saturated carbocycles. The Morgan fingerprint density at radius 3 is 2.14 bits per heavy atom. The molecule has 190 valence electrons. The SMILES string of the molecule is CCNC(=O)[C@H](C)N(Cc1ccc(F)cc1)C(=O)CN(c1ccc(C)cc1)S(=O)(=O)c1ccccc1. The van der Waals surface area contributed by atoms with Crippen LogP contribution in [0, 0.1) is 12.7 Å². The molecule has 3 rings (SSSR count). The summed E-state index contributed by atoms with van der Waals surface area (Å²) in [7, 11) is -4.09. The van der Waals surface area contributed by atoms with Gasteiger partial charge in [0.25, 0.3) is 10.0 Å². The number of aryl methyl sites for hydroxylation is 1. The molecule has 0 fully saturated rings. The summed E-state index contributed by atoms with van der Waals surface area (Å²) in [6.07, 6.45) is 0. The monoisotopic (exact) mass is 511 g/mol. The van der Waals surface area contributed by atoms with Crippen LogP contribution in [0.2, 0.25) is 0 Å². The molecule has 0 radical (unpaired) electrons. The van der Waals surface area contributed by atoms with E-state index in [9.17, 15) is 22.4 Å². The molecule has 7 nitrogen and oxygen atoms in total. The minimum absolute atomic E-state index is 0.00450. The second-order valence-corrected chi connectivity index (χ2v) is 10.2. The van der Waals surface area contributed by atoms with Gasteiger partial charge < -0.3 is 10.2 Å². The Bertz CT molecular complexity index is 1280. The molecule has 0 spiro atoms. The third-order valence-electron chi connectivity index (χ3n) is 5.72. The normalized spacial score (nSPS) is 12.0. The zero-order valence-electron chi connectivity index (χ0n) is 20.5. The molecule has 3 aromatic carbocycles. The van der Waals surface area contributed by atoms with E-state index < -0.39 is 34.3 Å². The van der Waals surface area contributed by atoms with Gasteiger partial charge in [0, 0.05) is 13.1 Å². The molecule has 9 heteroatoms. The van der Waals surface area contributed by atoms with E-state index in [2.05, 4.69) is 5.32 Å². The van der Waals surface area contributed by atoms with Crippen LogP contribution in [-0.4, -0.2) is 44.3 Å². The molecule has 2 amide bonds. The summed E-state index contributed by atoms with van der Waals surface area (Å²) in [4.78, 5) is 27.7. The number of nitrogens with zero attached hydrogens (tertiary/aromatic N) is 2. The summed E-state index contributed by atoms with van der Waals surface area (Å²) < 4.78 is 41.7. The Morgan fingerprint density at radius 1 is 0.944 bits per heavy atom. The summed E-state index contributed by atoms with van der Waals surface area (Å²) >= 11 is 0. The Labute approximate surface area is 211 Å². The largest absolute Gasteiger partial charge is 0.355 e. The number of anilines is 1. The van der Waals surface area contributed by atoms with Gasteiger partial charge >= 0.3 is 0 Å². The maximum absolute atomic E-state index is 13.7. The molecule has 0 unspecified atom stereocenters. The quantitative estimate of drug-likeness (QED) is 0.448. The van der Waals surface area contributed by atoms with Gasteiger partial charge in [0.1, 0.15) is 18.4 Å². The minimum atomic E-state index is -4.09. The van der Waals surface area contributed by atoms with Crippen LogP contribution in [0.15, 0.2) is 83.8 Å². The standard InChI is InChI=1S/C27H30FN3O4S/c1-4-29-27(33)21(3)30(18-22-12-14-23(28)15-13-22)26(32)19-31(24-16-10-20(2)11-17-24)36(34,35)25-8-6-5-7-9-25/h5-17,21H,4,18-19H2,1-3H3,(H,29,33)/t21-/m0/s1. The summed E-state index contributed by atoms with van der Waals surface area (Å²) in [5.41, 5.74) is 1.86. The van der Waals surface area contributed by atoms with Crippen LogP contribution in [0.1, 0.15) is 25.0 Å². The lowest BCUT2D eigenvalue weighted by Crippen LogP contribution is -2.51. The molecule has 0 aliphatic heterocycles. The molecule has 0 saturated heterocycles. The lowest BCUT2D eigenvalue weighted by molar-refractivity contribution is -0.139. The fraction of sp³-hybridized carbons (Fsp3) is 0.259. The lowest BCUT2D eigenvalue weighted by Gasteiger charge is -2.32. The molecule has 3 aromatic rings. The van der Waals surface area contributed by atoms with Crippen LogP contribution in [0.5, 0.6) is 0 Å². The summed E-state index contributed by atoms with van der Waals surface area (Å²) in [5.74, 6) is -1.37. The van der Waals surface area contributed by atoms with Crippen molar-refractivity contribution in [2.45, 2.75) is 38.3 Å². The molecule has 0 aliphatic rings. The van der Waals surface area contributed by atoms with E-state index >= 15 is 0 Å². The van der Waals surface area contributed by atoms with Gasteiger partial charge in [0.05, 0.1) is 10.6 Å². The fourth-order valence-electron chi connectivity index (χ4n) is 3.65. The van der Waals surface area contributed by atoms with Crippen LogP contribution < -0.4 is 9.62 Å². The van der Waals surface area contributed by atoms with Gasteiger partial charge in [-0.05, 0) is 62.7 Å². The third-order valence-corrected chi connectivity index (χ3v) is 7.50. The molecule has 1 atom stereocenters. The number of sulfonamides is 1. The molecule has 0 aromatic heterocycles. The van der Waals surface area contributed by atoms with Crippen molar-refractivity contribution in [2.75, 3.05) is 17.4 Å². The topological polar surface area (TPSA) is 86.8 Å². The molecule has 36 heavy (non-hydrogen) atoms. The molecule has 1 N–H and O–H groups in total. The zero-order valence-corrected chi connectivity index (χ0v) is 21.3. The number of hydrogen-bond acceptors (Lipinski definition) is 4. The molecule has 0 heterocycles. The number of nitrogens with one attached hydrogen (secondary N) is 1. The van der Waals surface area contributed by atoms with Crippen LogP contribution in [0.4, 0.5) is 10.1 Å². The van der Waals surface area contributed by atoms with E-state index in [1.807, 2.05) is 6.92 Å². The fourth-order valence-corrected chi connectivity index (χ4v) is 5.09. The number of amides is 2. The van der Waals surface area contributed by atoms with Crippen LogP contribution in [-0.2, 0) is 26.2 Å². The van der Waals surface area contributed by atoms with E-state index in [-0.39, 0.29) is 17.3 Å². The second-order valence-electron chi connectivity index (χ2n) is 8.38. The Balaban J connectivity index is 2.00. The van der Waals surface area contributed by atoms with E-state index in [1.165, 1.54) is 41.3 Å². The summed E-state index contributed by atoms with van der Waals surface area (Å²) in [6.45, 7) is 5.08. The van der Waals surface area contributed by atoms with E-state index in [0.717, 1.165) is 9.87 Å². The van der Waals surface area contributed by atoms with Crippen molar-refractivity contribution in [3.8, 4) is 0 Å². The van der Waals surface area contributed by atoms with Gasteiger partial charge in [-0.1, -0.05) is 48.0 Å². The lowest BCUT2D eigenvalue weighted by atomic mass is 10.1. The highest BCUT2D eigenvalue weighted by atomic mass is 32.2. The third kappa shape index (κ3) is 6.48. The maximum Gasteiger partial charge on any atom is 0.264 e. The van der Waals surface area contributed by atoms with Crippen molar-refractivity contribution in [1.82, 2.24) is 10.2 Å². The first kappa shape index (κ1) is 26.9. The number of hydrogen-bond donors (Lipinski definition) is 1. The van der Waals surface area contributed by atoms with Gasteiger partial charge in [-0.25, -0.2) is 12.8 Å². The number of rotatable bonds is 10. The molecular weight excluding hydrogens is 481 g/mol. The predicted molar refractivity (Wildman–Crippen MR) is 137 cm³/mol. The van der Waals surface area contributed by atoms with Gasteiger partial charge in [-0.15, -0.1) is 0 Å². The highest BCUT2D eigenvalue weighted by molar-refractivity contribution is 7.92. The minimum Gasteiger partial charge on any atom is -0.355 e. The average Bonchev–Trinajstić information content (AvgIpc) is 2.87. The second kappa shape index (κ2) is 11.8.